The van der Waals surface area contributed by atoms with Crippen LogP contribution in [0.2, 0.25) is 0 Å². The van der Waals surface area contributed by atoms with Gasteiger partial charge in [0, 0.05) is 6.61 Å². The van der Waals surface area contributed by atoms with Crippen molar-refractivity contribution in [1.82, 2.24) is 0 Å². The lowest BCUT2D eigenvalue weighted by Gasteiger charge is -2.05. The summed E-state index contributed by atoms with van der Waals surface area (Å²) in [5, 5.41) is 9.39. The normalized spacial score (nSPS) is 9.92. The zero-order chi connectivity index (χ0) is 8.97. The molecule has 0 fully saturated rings. The van der Waals surface area contributed by atoms with Gasteiger partial charge in [-0.15, -0.1) is 0 Å². The second kappa shape index (κ2) is 4.29. The average Bonchev–Trinajstić information content (AvgIpc) is 2.06. The summed E-state index contributed by atoms with van der Waals surface area (Å²) >= 11 is 0. The molecule has 3 heteroatoms. The lowest BCUT2D eigenvalue weighted by atomic mass is 9.79. The van der Waals surface area contributed by atoms with Crippen LogP contribution in [-0.4, -0.2) is 18.7 Å². The number of aryl methyl sites for hydroxylation is 1. The van der Waals surface area contributed by atoms with Gasteiger partial charge in [-0.05, 0) is 19.3 Å². The molecule has 64 valence electrons. The minimum absolute atomic E-state index is 0.523. The van der Waals surface area contributed by atoms with E-state index in [0.717, 1.165) is 5.46 Å². The topological polar surface area (TPSA) is 29.5 Å². The molecule has 12 heavy (non-hydrogen) atoms. The molecule has 0 aliphatic rings. The molecule has 0 spiro atoms. The van der Waals surface area contributed by atoms with E-state index in [0.29, 0.717) is 6.61 Å². The summed E-state index contributed by atoms with van der Waals surface area (Å²) in [5.74, 6) is 0. The number of rotatable bonds is 3. The maximum Gasteiger partial charge on any atom is 0.491 e. The van der Waals surface area contributed by atoms with Crippen molar-refractivity contribution in [2.45, 2.75) is 13.8 Å². The highest BCUT2D eigenvalue weighted by atomic mass is 16.5. The summed E-state index contributed by atoms with van der Waals surface area (Å²) in [6.07, 6.45) is 0. The van der Waals surface area contributed by atoms with Gasteiger partial charge in [0.1, 0.15) is 0 Å². The minimum Gasteiger partial charge on any atom is -0.423 e. The molecule has 0 radical (unpaired) electrons. The van der Waals surface area contributed by atoms with E-state index in [-0.39, 0.29) is 0 Å². The largest absolute Gasteiger partial charge is 0.491 e. The lowest BCUT2D eigenvalue weighted by Crippen LogP contribution is -2.33. The number of hydrogen-bond donors (Lipinski definition) is 1. The van der Waals surface area contributed by atoms with E-state index in [2.05, 4.69) is 0 Å². The van der Waals surface area contributed by atoms with Crippen LogP contribution in [0.5, 0.6) is 0 Å². The SMILES string of the molecule is CCOB(O)c1ccc(C)cc1. The Morgan fingerprint density at radius 1 is 1.33 bits per heavy atom. The predicted molar refractivity (Wildman–Crippen MR) is 50.4 cm³/mol. The Balaban J connectivity index is 2.68. The van der Waals surface area contributed by atoms with Crippen molar-refractivity contribution in [2.75, 3.05) is 6.61 Å². The molecule has 0 heterocycles. The van der Waals surface area contributed by atoms with Crippen molar-refractivity contribution in [3.05, 3.63) is 29.8 Å². The zero-order valence-corrected chi connectivity index (χ0v) is 7.45. The van der Waals surface area contributed by atoms with Crippen LogP contribution in [0.15, 0.2) is 24.3 Å². The Bertz CT molecular complexity index is 233. The van der Waals surface area contributed by atoms with E-state index in [1.807, 2.05) is 38.1 Å². The second-order valence-corrected chi connectivity index (χ2v) is 2.72. The molecule has 0 aliphatic carbocycles. The minimum atomic E-state index is -0.782. The van der Waals surface area contributed by atoms with E-state index in [1.54, 1.807) is 0 Å². The summed E-state index contributed by atoms with van der Waals surface area (Å²) in [5.41, 5.74) is 1.99. The Kier molecular flexibility index (Phi) is 3.32. The molecule has 0 aliphatic heterocycles. The van der Waals surface area contributed by atoms with Crippen LogP contribution in [0.4, 0.5) is 0 Å². The van der Waals surface area contributed by atoms with E-state index < -0.39 is 7.12 Å². The van der Waals surface area contributed by atoms with Crippen molar-refractivity contribution in [1.29, 1.82) is 0 Å². The molecule has 0 saturated heterocycles. The molecule has 0 amide bonds. The highest BCUT2D eigenvalue weighted by Gasteiger charge is 2.13. The molecular weight excluding hydrogens is 151 g/mol. The summed E-state index contributed by atoms with van der Waals surface area (Å²) in [6, 6.07) is 7.65. The van der Waals surface area contributed by atoms with Crippen LogP contribution in [0.1, 0.15) is 12.5 Å². The highest BCUT2D eigenvalue weighted by Crippen LogP contribution is 1.94. The number of hydrogen-bond acceptors (Lipinski definition) is 2. The fraction of sp³-hybridized carbons (Fsp3) is 0.333. The van der Waals surface area contributed by atoms with Crippen LogP contribution < -0.4 is 5.46 Å². The Hall–Kier alpha value is -0.795. The first-order chi connectivity index (χ1) is 5.74. The monoisotopic (exact) mass is 164 g/mol. The summed E-state index contributed by atoms with van der Waals surface area (Å²) in [7, 11) is -0.782. The fourth-order valence-electron chi connectivity index (χ4n) is 0.985. The van der Waals surface area contributed by atoms with Crippen LogP contribution >= 0.6 is 0 Å². The maximum atomic E-state index is 9.39. The van der Waals surface area contributed by atoms with Gasteiger partial charge in [-0.2, -0.15) is 0 Å². The van der Waals surface area contributed by atoms with E-state index in [1.165, 1.54) is 5.56 Å². The maximum absolute atomic E-state index is 9.39. The molecule has 0 aromatic heterocycles. The van der Waals surface area contributed by atoms with Crippen molar-refractivity contribution in [2.24, 2.45) is 0 Å². The second-order valence-electron chi connectivity index (χ2n) is 2.72. The first kappa shape index (κ1) is 9.29. The van der Waals surface area contributed by atoms with Gasteiger partial charge in [-0.25, -0.2) is 0 Å². The first-order valence-corrected chi connectivity index (χ1v) is 4.10. The van der Waals surface area contributed by atoms with Crippen LogP contribution in [0.25, 0.3) is 0 Å². The van der Waals surface area contributed by atoms with Gasteiger partial charge >= 0.3 is 7.12 Å². The van der Waals surface area contributed by atoms with E-state index >= 15 is 0 Å². The predicted octanol–water partition coefficient (Wildman–Crippen LogP) is 0.719. The summed E-state index contributed by atoms with van der Waals surface area (Å²) in [4.78, 5) is 0. The van der Waals surface area contributed by atoms with Crippen LogP contribution in [0.3, 0.4) is 0 Å². The fourth-order valence-corrected chi connectivity index (χ4v) is 0.985. The van der Waals surface area contributed by atoms with Gasteiger partial charge in [0.2, 0.25) is 0 Å². The average molecular weight is 164 g/mol. The van der Waals surface area contributed by atoms with Gasteiger partial charge in [0.05, 0.1) is 0 Å². The van der Waals surface area contributed by atoms with Gasteiger partial charge in [0.25, 0.3) is 0 Å². The third-order valence-corrected chi connectivity index (χ3v) is 1.69. The van der Waals surface area contributed by atoms with Crippen molar-refractivity contribution >= 4 is 12.6 Å². The molecular formula is C9H13BO2. The molecule has 0 bridgehead atoms. The Morgan fingerprint density at radius 2 is 1.92 bits per heavy atom. The third kappa shape index (κ3) is 2.36. The standard InChI is InChI=1S/C9H13BO2/c1-3-12-10(11)9-6-4-8(2)5-7-9/h4-7,11H,3H2,1-2H3. The van der Waals surface area contributed by atoms with Gasteiger partial charge in [-0.1, -0.05) is 29.8 Å². The molecule has 1 aromatic carbocycles. The Morgan fingerprint density at radius 3 is 2.42 bits per heavy atom. The molecule has 1 aromatic rings. The van der Waals surface area contributed by atoms with Gasteiger partial charge in [-0.3, -0.25) is 0 Å². The molecule has 1 N–H and O–H groups in total. The highest BCUT2D eigenvalue weighted by molar-refractivity contribution is 6.59. The zero-order valence-electron chi connectivity index (χ0n) is 7.45. The van der Waals surface area contributed by atoms with Crippen LogP contribution in [-0.2, 0) is 4.65 Å². The van der Waals surface area contributed by atoms with E-state index in [4.69, 9.17) is 4.65 Å². The quantitative estimate of drug-likeness (QED) is 0.667. The Labute approximate surface area is 73.3 Å². The number of benzene rings is 1. The molecule has 0 unspecified atom stereocenters. The van der Waals surface area contributed by atoms with Crippen molar-refractivity contribution in [3.63, 3.8) is 0 Å². The van der Waals surface area contributed by atoms with Crippen LogP contribution in [0, 0.1) is 6.92 Å². The smallest absolute Gasteiger partial charge is 0.423 e. The molecule has 1 rings (SSSR count). The third-order valence-electron chi connectivity index (χ3n) is 1.69. The van der Waals surface area contributed by atoms with Crippen molar-refractivity contribution in [3.8, 4) is 0 Å². The van der Waals surface area contributed by atoms with Gasteiger partial charge < -0.3 is 9.68 Å². The summed E-state index contributed by atoms with van der Waals surface area (Å²) in [6.45, 7) is 4.39. The molecule has 0 atom stereocenters. The first-order valence-electron chi connectivity index (χ1n) is 4.10. The van der Waals surface area contributed by atoms with Crippen molar-refractivity contribution < 1.29 is 9.68 Å². The molecule has 2 nitrogen and oxygen atoms in total. The van der Waals surface area contributed by atoms with E-state index in [9.17, 15) is 5.02 Å². The lowest BCUT2D eigenvalue weighted by molar-refractivity contribution is 0.287. The molecule has 0 saturated carbocycles. The van der Waals surface area contributed by atoms with Gasteiger partial charge in [0.15, 0.2) is 0 Å². The summed E-state index contributed by atoms with van der Waals surface area (Å²) < 4.78 is 5.02.